The Hall–Kier alpha value is -2.23. The van der Waals surface area contributed by atoms with Crippen molar-refractivity contribution < 1.29 is 9.90 Å². The van der Waals surface area contributed by atoms with E-state index >= 15 is 0 Å². The number of carbonyl (C=O) groups is 1. The third-order valence-corrected chi connectivity index (χ3v) is 5.00. The molecule has 0 spiro atoms. The first-order chi connectivity index (χ1) is 11.2. The smallest absolute Gasteiger partial charge is 0.207 e. The molecule has 1 aliphatic heterocycles. The average Bonchev–Trinajstić information content (AvgIpc) is 2.57. The second kappa shape index (κ2) is 6.90. The lowest BCUT2D eigenvalue weighted by atomic mass is 9.72. The fourth-order valence-corrected chi connectivity index (χ4v) is 3.88. The lowest BCUT2D eigenvalue weighted by Crippen LogP contribution is -2.54. The van der Waals surface area contributed by atoms with Crippen molar-refractivity contribution >= 4 is 6.41 Å². The quantitative estimate of drug-likeness (QED) is 0.733. The fourth-order valence-electron chi connectivity index (χ4n) is 3.88. The minimum Gasteiger partial charge on any atom is -0.495 e. The van der Waals surface area contributed by atoms with E-state index in [2.05, 4.69) is 22.8 Å². The molecule has 0 saturated heterocycles. The van der Waals surface area contributed by atoms with Gasteiger partial charge in [0.05, 0.1) is 11.6 Å². The second-order valence-electron chi connectivity index (χ2n) is 6.47. The number of nitrogens with one attached hydrogen (secondary N) is 2. The molecule has 4 heteroatoms. The summed E-state index contributed by atoms with van der Waals surface area (Å²) in [5.74, 6) is 0.187. The van der Waals surface area contributed by atoms with E-state index < -0.39 is 0 Å². The molecular formula is C19H24N2O2. The second-order valence-corrected chi connectivity index (χ2v) is 6.47. The van der Waals surface area contributed by atoms with E-state index in [0.717, 1.165) is 38.5 Å². The molecule has 3 rings (SSSR count). The number of carbonyl (C=O) groups excluding carboxylic acids is 1. The van der Waals surface area contributed by atoms with Gasteiger partial charge in [-0.3, -0.25) is 4.79 Å². The molecule has 1 unspecified atom stereocenters. The van der Waals surface area contributed by atoms with E-state index in [1.807, 2.05) is 24.3 Å². The zero-order valence-corrected chi connectivity index (χ0v) is 13.3. The summed E-state index contributed by atoms with van der Waals surface area (Å²) in [5.41, 5.74) is 2.09. The average molecular weight is 312 g/mol. The van der Waals surface area contributed by atoms with Crippen LogP contribution in [0.2, 0.25) is 0 Å². The van der Waals surface area contributed by atoms with Crippen LogP contribution in [-0.4, -0.2) is 23.1 Å². The molecule has 1 heterocycles. The van der Waals surface area contributed by atoms with E-state index in [9.17, 15) is 9.90 Å². The minimum absolute atomic E-state index is 0.00653. The maximum absolute atomic E-state index is 11.2. The van der Waals surface area contributed by atoms with Crippen molar-refractivity contribution in [1.82, 2.24) is 10.6 Å². The molecule has 1 aliphatic carbocycles. The van der Waals surface area contributed by atoms with Gasteiger partial charge in [0, 0.05) is 0 Å². The summed E-state index contributed by atoms with van der Waals surface area (Å²) >= 11 is 0. The van der Waals surface area contributed by atoms with Crippen molar-refractivity contribution in [2.75, 3.05) is 0 Å². The summed E-state index contributed by atoms with van der Waals surface area (Å²) in [7, 11) is 0. The number of amides is 1. The molecule has 1 amide bonds. The van der Waals surface area contributed by atoms with Gasteiger partial charge in [-0.2, -0.15) is 0 Å². The van der Waals surface area contributed by atoms with Crippen LogP contribution in [0.4, 0.5) is 0 Å². The number of hydrogen-bond acceptors (Lipinski definition) is 3. The number of benzene rings is 1. The first-order valence-corrected chi connectivity index (χ1v) is 8.37. The SMILES string of the molecule is O=CNC1(C2=CC=C(O)NC2Cc2ccccc2)CCCCC1. The van der Waals surface area contributed by atoms with E-state index in [-0.39, 0.29) is 17.5 Å². The summed E-state index contributed by atoms with van der Waals surface area (Å²) in [6.07, 6.45) is 10.7. The first-order valence-electron chi connectivity index (χ1n) is 8.37. The van der Waals surface area contributed by atoms with Gasteiger partial charge in [-0.25, -0.2) is 0 Å². The standard InChI is InChI=1S/C19H24N2O2/c22-14-20-19(11-5-2-6-12-19)16-9-10-18(23)21-17(16)13-15-7-3-1-4-8-15/h1,3-4,7-10,14,17,21,23H,2,5-6,11-13H2,(H,20,22). The van der Waals surface area contributed by atoms with Crippen LogP contribution in [0.5, 0.6) is 0 Å². The molecule has 1 aromatic carbocycles. The van der Waals surface area contributed by atoms with Crippen LogP contribution >= 0.6 is 0 Å². The van der Waals surface area contributed by atoms with Gasteiger partial charge in [-0.05, 0) is 36.5 Å². The molecule has 3 N–H and O–H groups in total. The Morgan fingerprint density at radius 2 is 1.91 bits per heavy atom. The Labute approximate surface area is 137 Å². The summed E-state index contributed by atoms with van der Waals surface area (Å²) in [6, 6.07) is 10.2. The van der Waals surface area contributed by atoms with Crippen LogP contribution in [0.3, 0.4) is 0 Å². The number of allylic oxidation sites excluding steroid dienone is 2. The molecule has 0 radical (unpaired) electrons. The highest BCUT2D eigenvalue weighted by Gasteiger charge is 2.39. The lowest BCUT2D eigenvalue weighted by molar-refractivity contribution is -0.111. The maximum Gasteiger partial charge on any atom is 0.207 e. The van der Waals surface area contributed by atoms with Gasteiger partial charge in [-0.15, -0.1) is 0 Å². The van der Waals surface area contributed by atoms with Gasteiger partial charge in [0.2, 0.25) is 6.41 Å². The fraction of sp³-hybridized carbons (Fsp3) is 0.421. The summed E-state index contributed by atoms with van der Waals surface area (Å²) < 4.78 is 0. The predicted molar refractivity (Wildman–Crippen MR) is 90.9 cm³/mol. The van der Waals surface area contributed by atoms with Crippen LogP contribution in [0, 0.1) is 0 Å². The summed E-state index contributed by atoms with van der Waals surface area (Å²) in [5, 5.41) is 16.2. The van der Waals surface area contributed by atoms with Gasteiger partial charge < -0.3 is 15.7 Å². The van der Waals surface area contributed by atoms with Crippen molar-refractivity contribution in [1.29, 1.82) is 0 Å². The monoisotopic (exact) mass is 312 g/mol. The molecule has 0 aromatic heterocycles. The largest absolute Gasteiger partial charge is 0.495 e. The van der Waals surface area contributed by atoms with E-state index in [1.165, 1.54) is 17.6 Å². The van der Waals surface area contributed by atoms with Crippen molar-refractivity contribution in [3.05, 3.63) is 59.5 Å². The molecule has 1 atom stereocenters. The van der Waals surface area contributed by atoms with Crippen LogP contribution in [-0.2, 0) is 11.2 Å². The van der Waals surface area contributed by atoms with Crippen LogP contribution in [0.1, 0.15) is 37.7 Å². The van der Waals surface area contributed by atoms with Crippen LogP contribution < -0.4 is 10.6 Å². The lowest BCUT2D eigenvalue weighted by Gasteiger charge is -2.43. The molecular weight excluding hydrogens is 288 g/mol. The van der Waals surface area contributed by atoms with Crippen LogP contribution in [0.15, 0.2) is 53.9 Å². The Morgan fingerprint density at radius 3 is 2.61 bits per heavy atom. The highest BCUT2D eigenvalue weighted by molar-refractivity contribution is 5.52. The van der Waals surface area contributed by atoms with Gasteiger partial charge in [-0.1, -0.05) is 55.7 Å². The molecule has 0 bridgehead atoms. The molecule has 1 aromatic rings. The number of rotatable bonds is 5. The molecule has 1 fully saturated rings. The van der Waals surface area contributed by atoms with E-state index in [4.69, 9.17) is 0 Å². The highest BCUT2D eigenvalue weighted by atomic mass is 16.3. The summed E-state index contributed by atoms with van der Waals surface area (Å²) in [6.45, 7) is 0. The van der Waals surface area contributed by atoms with Crippen molar-refractivity contribution in [3.63, 3.8) is 0 Å². The number of hydrogen-bond donors (Lipinski definition) is 3. The Bertz CT molecular complexity index is 601. The Balaban J connectivity index is 1.90. The van der Waals surface area contributed by atoms with Gasteiger partial charge in [0.1, 0.15) is 0 Å². The normalized spacial score (nSPS) is 23.2. The van der Waals surface area contributed by atoms with Crippen molar-refractivity contribution in [2.45, 2.75) is 50.1 Å². The maximum atomic E-state index is 11.2. The predicted octanol–water partition coefficient (Wildman–Crippen LogP) is 2.98. The Kier molecular flexibility index (Phi) is 4.70. The topological polar surface area (TPSA) is 61.4 Å². The van der Waals surface area contributed by atoms with Gasteiger partial charge in [0.25, 0.3) is 0 Å². The summed E-state index contributed by atoms with van der Waals surface area (Å²) in [4.78, 5) is 11.2. The first kappa shape index (κ1) is 15.7. The molecule has 2 aliphatic rings. The van der Waals surface area contributed by atoms with Gasteiger partial charge in [0.15, 0.2) is 5.88 Å². The number of aliphatic hydroxyl groups is 1. The minimum atomic E-state index is -0.288. The van der Waals surface area contributed by atoms with Crippen LogP contribution in [0.25, 0.3) is 0 Å². The zero-order chi connectivity index (χ0) is 16.1. The molecule has 122 valence electrons. The highest BCUT2D eigenvalue weighted by Crippen LogP contribution is 2.37. The Morgan fingerprint density at radius 1 is 1.17 bits per heavy atom. The van der Waals surface area contributed by atoms with Gasteiger partial charge >= 0.3 is 0 Å². The molecule has 23 heavy (non-hydrogen) atoms. The number of aliphatic hydroxyl groups excluding tert-OH is 1. The van der Waals surface area contributed by atoms with E-state index in [1.54, 1.807) is 6.08 Å². The number of dihydropyridines is 1. The third kappa shape index (κ3) is 3.41. The van der Waals surface area contributed by atoms with Crippen molar-refractivity contribution in [3.8, 4) is 0 Å². The molecule has 4 nitrogen and oxygen atoms in total. The van der Waals surface area contributed by atoms with E-state index in [0.29, 0.717) is 0 Å². The zero-order valence-electron chi connectivity index (χ0n) is 13.3. The van der Waals surface area contributed by atoms with Crippen molar-refractivity contribution in [2.24, 2.45) is 0 Å². The molecule has 1 saturated carbocycles. The third-order valence-electron chi connectivity index (χ3n) is 5.00.